The van der Waals surface area contributed by atoms with Gasteiger partial charge < -0.3 is 40.8 Å². The number of ether oxygens (including phenoxy) is 2. The molecule has 6 N–H and O–H groups in total. The molecule has 1 aliphatic heterocycles. The van der Waals surface area contributed by atoms with Crippen LogP contribution in [0.15, 0.2) is 47.3 Å². The maximum Gasteiger partial charge on any atom is 0.263 e. The van der Waals surface area contributed by atoms with Gasteiger partial charge in [0, 0.05) is 44.9 Å². The van der Waals surface area contributed by atoms with Gasteiger partial charge in [-0.3, -0.25) is 14.4 Å². The summed E-state index contributed by atoms with van der Waals surface area (Å²) in [5.74, 6) is 1.69. The minimum absolute atomic E-state index is 0.00483. The lowest BCUT2D eigenvalue weighted by Gasteiger charge is -2.23. The topological polar surface area (TPSA) is 170 Å². The average Bonchev–Trinajstić information content (AvgIpc) is 2.99. The third-order valence-corrected chi connectivity index (χ3v) is 6.41. The zero-order valence-electron chi connectivity index (χ0n) is 22.7. The van der Waals surface area contributed by atoms with Crippen LogP contribution in [0.2, 0.25) is 0 Å². The van der Waals surface area contributed by atoms with E-state index in [2.05, 4.69) is 20.9 Å². The highest BCUT2D eigenvalue weighted by molar-refractivity contribution is 5.94. The van der Waals surface area contributed by atoms with Crippen molar-refractivity contribution < 1.29 is 24.2 Å². The first-order valence-corrected chi connectivity index (χ1v) is 13.4. The molecular weight excluding hydrogens is 516 g/mol. The van der Waals surface area contributed by atoms with Gasteiger partial charge in [-0.05, 0) is 48.6 Å². The zero-order chi connectivity index (χ0) is 28.7. The summed E-state index contributed by atoms with van der Waals surface area (Å²) in [5.41, 5.74) is 6.44. The van der Waals surface area contributed by atoms with Crippen LogP contribution in [-0.2, 0) is 16.1 Å². The lowest BCUT2D eigenvalue weighted by Crippen LogP contribution is -2.35. The maximum atomic E-state index is 12.3. The van der Waals surface area contributed by atoms with Gasteiger partial charge in [-0.2, -0.15) is 0 Å². The Morgan fingerprint density at radius 3 is 2.67 bits per heavy atom. The van der Waals surface area contributed by atoms with Crippen molar-refractivity contribution in [2.45, 2.75) is 44.7 Å². The molecule has 0 spiro atoms. The number of aliphatic hydroxyl groups is 1. The number of benzene rings is 1. The van der Waals surface area contributed by atoms with Crippen LogP contribution < -0.4 is 36.7 Å². The van der Waals surface area contributed by atoms with E-state index >= 15 is 0 Å². The number of carbonyl (C=O) groups excluding carboxylic acids is 2. The Morgan fingerprint density at radius 1 is 1.15 bits per heavy atom. The summed E-state index contributed by atoms with van der Waals surface area (Å²) < 4.78 is 12.5. The van der Waals surface area contributed by atoms with Crippen LogP contribution in [-0.4, -0.2) is 66.4 Å². The number of aromatic nitrogens is 2. The predicted molar refractivity (Wildman–Crippen MR) is 154 cm³/mol. The molecule has 0 atom stereocenters. The van der Waals surface area contributed by atoms with E-state index in [0.29, 0.717) is 49.5 Å². The molecule has 5 rings (SSSR count). The van der Waals surface area contributed by atoms with Gasteiger partial charge in [0.1, 0.15) is 18.2 Å². The van der Waals surface area contributed by atoms with Gasteiger partial charge in [-0.1, -0.05) is 19.3 Å². The lowest BCUT2D eigenvalue weighted by molar-refractivity contribution is -0.118. The molecule has 12 nitrogen and oxygen atoms in total. The molecule has 1 aliphatic carbocycles. The normalized spacial score (nSPS) is 14.3. The summed E-state index contributed by atoms with van der Waals surface area (Å²) >= 11 is 0. The van der Waals surface area contributed by atoms with E-state index in [-0.39, 0.29) is 18.1 Å². The molecule has 2 aliphatic rings. The lowest BCUT2D eigenvalue weighted by atomic mass is 9.95. The SMILES string of the molecule is CO.NCCOc1ccc2ccc(=O)n(CCNC3CCCCC3)c2c1.O=CNc1ccc2c(n1)NC(=O)CO2. The summed E-state index contributed by atoms with van der Waals surface area (Å²) in [5, 5.41) is 16.6. The third-order valence-electron chi connectivity index (χ3n) is 6.41. The van der Waals surface area contributed by atoms with E-state index in [1.807, 2.05) is 28.8 Å². The standard InChI is InChI=1S/C19H27N3O2.C8H7N3O3.CH4O/c20-10-13-24-17-8-6-15-7-9-19(23)22(18(15)14-17)12-11-21-16-4-2-1-3-5-16;12-4-9-6-2-1-5-8(10-6)11-7(13)3-14-5;1-2/h6-9,14,16,21H,1-5,10-13,20H2;1-2,4H,3H2,(H2,9,10,11,12,13);2H,1H3. The molecule has 0 radical (unpaired) electrons. The Hall–Kier alpha value is -4.00. The van der Waals surface area contributed by atoms with Crippen LogP contribution in [0.1, 0.15) is 32.1 Å². The van der Waals surface area contributed by atoms with E-state index in [9.17, 15) is 14.4 Å². The molecule has 3 aromatic rings. The van der Waals surface area contributed by atoms with E-state index in [1.165, 1.54) is 32.1 Å². The fourth-order valence-corrected chi connectivity index (χ4v) is 4.56. The minimum atomic E-state index is -0.256. The van der Waals surface area contributed by atoms with Crippen LogP contribution in [0.25, 0.3) is 10.9 Å². The Labute approximate surface area is 232 Å². The Balaban J connectivity index is 0.000000234. The van der Waals surface area contributed by atoms with Crippen molar-refractivity contribution in [3.63, 3.8) is 0 Å². The highest BCUT2D eigenvalue weighted by Crippen LogP contribution is 2.26. The van der Waals surface area contributed by atoms with Crippen molar-refractivity contribution >= 4 is 34.9 Å². The molecule has 2 aromatic heterocycles. The third kappa shape index (κ3) is 8.76. The highest BCUT2D eigenvalue weighted by Gasteiger charge is 2.17. The summed E-state index contributed by atoms with van der Waals surface area (Å²) in [6.45, 7) is 2.44. The average molecular weight is 555 g/mol. The van der Waals surface area contributed by atoms with E-state index in [4.69, 9.17) is 20.3 Å². The maximum absolute atomic E-state index is 12.3. The number of nitrogens with two attached hydrogens (primary N) is 1. The fourth-order valence-electron chi connectivity index (χ4n) is 4.56. The number of nitrogens with one attached hydrogen (secondary N) is 3. The minimum Gasteiger partial charge on any atom is -0.492 e. The zero-order valence-corrected chi connectivity index (χ0v) is 22.7. The van der Waals surface area contributed by atoms with Gasteiger partial charge in [0.05, 0.1) is 5.52 Å². The molecule has 1 saturated carbocycles. The molecular formula is C28H38N6O6. The monoisotopic (exact) mass is 554 g/mol. The van der Waals surface area contributed by atoms with Crippen molar-refractivity contribution in [1.29, 1.82) is 0 Å². The van der Waals surface area contributed by atoms with Crippen molar-refractivity contribution in [1.82, 2.24) is 14.9 Å². The Morgan fingerprint density at radius 2 is 1.93 bits per heavy atom. The molecule has 40 heavy (non-hydrogen) atoms. The number of amides is 2. The van der Waals surface area contributed by atoms with Crippen LogP contribution in [0, 0.1) is 0 Å². The number of nitrogens with zero attached hydrogens (tertiary/aromatic N) is 2. The molecule has 216 valence electrons. The number of rotatable bonds is 9. The van der Waals surface area contributed by atoms with E-state index < -0.39 is 0 Å². The van der Waals surface area contributed by atoms with Crippen LogP contribution in [0.5, 0.6) is 11.5 Å². The second-order valence-corrected chi connectivity index (χ2v) is 9.11. The first-order valence-electron chi connectivity index (χ1n) is 13.4. The quantitative estimate of drug-likeness (QED) is 0.248. The number of aliphatic hydroxyl groups excluding tert-OH is 1. The Bertz CT molecular complexity index is 1310. The summed E-state index contributed by atoms with van der Waals surface area (Å²) in [6, 6.07) is 13.2. The predicted octanol–water partition coefficient (Wildman–Crippen LogP) is 1.85. The largest absolute Gasteiger partial charge is 0.492 e. The number of anilines is 2. The molecule has 12 heteroatoms. The molecule has 0 bridgehead atoms. The second-order valence-electron chi connectivity index (χ2n) is 9.11. The smallest absolute Gasteiger partial charge is 0.263 e. The molecule has 0 unspecified atom stereocenters. The molecule has 1 aromatic carbocycles. The van der Waals surface area contributed by atoms with Gasteiger partial charge >= 0.3 is 0 Å². The summed E-state index contributed by atoms with van der Waals surface area (Å²) in [4.78, 5) is 37.3. The number of hydrogen-bond acceptors (Lipinski definition) is 9. The Kier molecular flexibility index (Phi) is 12.4. The highest BCUT2D eigenvalue weighted by atomic mass is 16.5. The number of hydrogen-bond donors (Lipinski definition) is 5. The second kappa shape index (κ2) is 16.2. The van der Waals surface area contributed by atoms with E-state index in [0.717, 1.165) is 30.3 Å². The molecule has 1 fully saturated rings. The van der Waals surface area contributed by atoms with E-state index in [1.54, 1.807) is 18.2 Å². The number of fused-ring (bicyclic) bond motifs is 2. The van der Waals surface area contributed by atoms with Gasteiger partial charge in [0.2, 0.25) is 6.41 Å². The van der Waals surface area contributed by atoms with Crippen molar-refractivity contribution in [3.05, 3.63) is 52.8 Å². The summed E-state index contributed by atoms with van der Waals surface area (Å²) in [6.07, 6.45) is 7.00. The van der Waals surface area contributed by atoms with Gasteiger partial charge in [0.25, 0.3) is 11.5 Å². The van der Waals surface area contributed by atoms with Crippen molar-refractivity contribution in [3.8, 4) is 11.5 Å². The van der Waals surface area contributed by atoms with Gasteiger partial charge in [-0.25, -0.2) is 4.98 Å². The van der Waals surface area contributed by atoms with Gasteiger partial charge in [0.15, 0.2) is 18.2 Å². The molecule has 2 amide bonds. The fraction of sp³-hybridized carbons (Fsp3) is 0.429. The van der Waals surface area contributed by atoms with Gasteiger partial charge in [-0.15, -0.1) is 0 Å². The van der Waals surface area contributed by atoms with Crippen molar-refractivity contribution in [2.24, 2.45) is 5.73 Å². The number of pyridine rings is 2. The van der Waals surface area contributed by atoms with Crippen LogP contribution in [0.4, 0.5) is 11.6 Å². The van der Waals surface area contributed by atoms with Crippen LogP contribution >= 0.6 is 0 Å². The van der Waals surface area contributed by atoms with Crippen LogP contribution in [0.3, 0.4) is 0 Å². The first kappa shape index (κ1) is 30.5. The number of carbonyl (C=O) groups is 2. The van der Waals surface area contributed by atoms with Crippen molar-refractivity contribution in [2.75, 3.05) is 44.0 Å². The molecule has 3 heterocycles. The molecule has 0 saturated heterocycles. The summed E-state index contributed by atoms with van der Waals surface area (Å²) in [7, 11) is 1.00. The first-order chi connectivity index (χ1) is 19.6.